The third-order valence-electron chi connectivity index (χ3n) is 4.40. The molecule has 5 nitrogen and oxygen atoms in total. The molecule has 1 saturated carbocycles. The normalized spacial score (nSPS) is 14.2. The van der Waals surface area contributed by atoms with Crippen molar-refractivity contribution in [3.05, 3.63) is 23.8 Å². The van der Waals surface area contributed by atoms with Crippen LogP contribution >= 0.6 is 0 Å². The van der Waals surface area contributed by atoms with E-state index in [1.807, 2.05) is 69.8 Å². The Labute approximate surface area is 151 Å². The van der Waals surface area contributed by atoms with E-state index in [1.54, 1.807) is 0 Å². The standard InChI is InChI=1S/C20H31N3O2/c1-7-18(24)21-15-8-11-17(22(5)6)14(12-15)13-23(16-9-10-16)19(25)20(2,3)4/h8,11-12,16H,7,9-10,13H2,1-6H3,(H,21,24). The van der Waals surface area contributed by atoms with Gasteiger partial charge in [-0.2, -0.15) is 0 Å². The number of benzene rings is 1. The summed E-state index contributed by atoms with van der Waals surface area (Å²) >= 11 is 0. The molecule has 1 aliphatic rings. The molecule has 1 fully saturated rings. The van der Waals surface area contributed by atoms with Gasteiger partial charge >= 0.3 is 0 Å². The molecule has 138 valence electrons. The smallest absolute Gasteiger partial charge is 0.228 e. The minimum atomic E-state index is -0.394. The summed E-state index contributed by atoms with van der Waals surface area (Å²) < 4.78 is 0. The van der Waals surface area contributed by atoms with Gasteiger partial charge in [0.05, 0.1) is 0 Å². The highest BCUT2D eigenvalue weighted by Gasteiger charge is 2.37. The quantitative estimate of drug-likeness (QED) is 0.856. The number of nitrogens with one attached hydrogen (secondary N) is 1. The molecular weight excluding hydrogens is 314 g/mol. The fourth-order valence-electron chi connectivity index (χ4n) is 2.84. The van der Waals surface area contributed by atoms with Crippen molar-refractivity contribution < 1.29 is 9.59 Å². The van der Waals surface area contributed by atoms with Gasteiger partial charge in [-0.3, -0.25) is 9.59 Å². The Morgan fingerprint density at radius 2 is 1.84 bits per heavy atom. The second-order valence-corrected chi connectivity index (χ2v) is 8.05. The molecule has 0 spiro atoms. The van der Waals surface area contributed by atoms with Crippen LogP contribution in [-0.2, 0) is 16.1 Å². The minimum Gasteiger partial charge on any atom is -0.377 e. The number of carbonyl (C=O) groups is 2. The Bertz CT molecular complexity index is 643. The fourth-order valence-corrected chi connectivity index (χ4v) is 2.84. The molecule has 0 heterocycles. The number of nitrogens with zero attached hydrogens (tertiary/aromatic N) is 2. The number of hydrogen-bond acceptors (Lipinski definition) is 3. The largest absolute Gasteiger partial charge is 0.377 e. The maximum absolute atomic E-state index is 12.9. The van der Waals surface area contributed by atoms with Gasteiger partial charge in [-0.25, -0.2) is 0 Å². The van der Waals surface area contributed by atoms with Gasteiger partial charge in [-0.1, -0.05) is 27.7 Å². The Morgan fingerprint density at radius 1 is 1.20 bits per heavy atom. The zero-order chi connectivity index (χ0) is 18.8. The Balaban J connectivity index is 2.32. The van der Waals surface area contributed by atoms with E-state index in [4.69, 9.17) is 0 Å². The van der Waals surface area contributed by atoms with E-state index in [2.05, 4.69) is 5.32 Å². The summed E-state index contributed by atoms with van der Waals surface area (Å²) in [7, 11) is 3.99. The van der Waals surface area contributed by atoms with Gasteiger partial charge in [-0.15, -0.1) is 0 Å². The molecule has 0 radical (unpaired) electrons. The Hall–Kier alpha value is -2.04. The van der Waals surface area contributed by atoms with Gasteiger partial charge in [0.2, 0.25) is 11.8 Å². The number of carbonyl (C=O) groups excluding carboxylic acids is 2. The van der Waals surface area contributed by atoms with E-state index in [1.165, 1.54) is 0 Å². The van der Waals surface area contributed by atoms with Crippen molar-refractivity contribution in [2.45, 2.75) is 59.5 Å². The van der Waals surface area contributed by atoms with E-state index in [9.17, 15) is 9.59 Å². The molecule has 0 saturated heterocycles. The predicted molar refractivity (Wildman–Crippen MR) is 103 cm³/mol. The summed E-state index contributed by atoms with van der Waals surface area (Å²) in [4.78, 5) is 28.6. The van der Waals surface area contributed by atoms with Crippen LogP contribution in [-0.4, -0.2) is 36.9 Å². The van der Waals surface area contributed by atoms with Crippen molar-refractivity contribution in [3.8, 4) is 0 Å². The Morgan fingerprint density at radius 3 is 2.32 bits per heavy atom. The minimum absolute atomic E-state index is 0.00614. The first-order chi connectivity index (χ1) is 11.6. The van der Waals surface area contributed by atoms with Crippen LogP contribution in [0.5, 0.6) is 0 Å². The maximum atomic E-state index is 12.9. The van der Waals surface area contributed by atoms with Gasteiger partial charge in [0.1, 0.15) is 0 Å². The third kappa shape index (κ3) is 4.97. The molecule has 0 atom stereocenters. The second-order valence-electron chi connectivity index (χ2n) is 8.05. The van der Waals surface area contributed by atoms with E-state index in [-0.39, 0.29) is 11.8 Å². The lowest BCUT2D eigenvalue weighted by molar-refractivity contribution is -0.140. The summed E-state index contributed by atoms with van der Waals surface area (Å²) in [5.41, 5.74) is 2.52. The lowest BCUT2D eigenvalue weighted by Gasteiger charge is -2.31. The summed E-state index contributed by atoms with van der Waals surface area (Å²) in [5.74, 6) is 0.177. The molecule has 1 aliphatic carbocycles. The summed E-state index contributed by atoms with van der Waals surface area (Å²) in [6.07, 6.45) is 2.60. The van der Waals surface area contributed by atoms with Crippen molar-refractivity contribution in [1.29, 1.82) is 0 Å². The number of hydrogen-bond donors (Lipinski definition) is 1. The zero-order valence-electron chi connectivity index (χ0n) is 16.3. The monoisotopic (exact) mass is 345 g/mol. The predicted octanol–water partition coefficient (Wildman–Crippen LogP) is 3.64. The number of amides is 2. The van der Waals surface area contributed by atoms with Gasteiger partial charge in [0.25, 0.3) is 0 Å². The average molecular weight is 345 g/mol. The van der Waals surface area contributed by atoms with Gasteiger partial charge in [0.15, 0.2) is 0 Å². The van der Waals surface area contributed by atoms with E-state index in [0.717, 1.165) is 29.8 Å². The summed E-state index contributed by atoms with van der Waals surface area (Å²) in [6.45, 7) is 8.31. The molecule has 2 amide bonds. The highest BCUT2D eigenvalue weighted by molar-refractivity contribution is 5.91. The first-order valence-corrected chi connectivity index (χ1v) is 9.04. The lowest BCUT2D eigenvalue weighted by atomic mass is 9.94. The lowest BCUT2D eigenvalue weighted by Crippen LogP contribution is -2.40. The number of anilines is 2. The molecule has 0 bridgehead atoms. The Kier molecular flexibility index (Phi) is 5.76. The highest BCUT2D eigenvalue weighted by Crippen LogP contribution is 2.34. The maximum Gasteiger partial charge on any atom is 0.228 e. The van der Waals surface area contributed by atoms with Crippen LogP contribution in [0.4, 0.5) is 11.4 Å². The molecule has 2 rings (SSSR count). The van der Waals surface area contributed by atoms with Crippen molar-refractivity contribution >= 4 is 23.2 Å². The van der Waals surface area contributed by atoms with E-state index in [0.29, 0.717) is 19.0 Å². The van der Waals surface area contributed by atoms with Crippen LogP contribution in [0.15, 0.2) is 18.2 Å². The van der Waals surface area contributed by atoms with Crippen molar-refractivity contribution in [3.63, 3.8) is 0 Å². The topological polar surface area (TPSA) is 52.7 Å². The van der Waals surface area contributed by atoms with Crippen LogP contribution in [0.3, 0.4) is 0 Å². The van der Waals surface area contributed by atoms with E-state index >= 15 is 0 Å². The third-order valence-corrected chi connectivity index (χ3v) is 4.40. The summed E-state index contributed by atoms with van der Waals surface area (Å²) in [5, 5.41) is 2.91. The molecule has 1 aromatic rings. The first-order valence-electron chi connectivity index (χ1n) is 9.04. The van der Waals surface area contributed by atoms with Crippen LogP contribution < -0.4 is 10.2 Å². The fraction of sp³-hybridized carbons (Fsp3) is 0.600. The molecule has 0 aromatic heterocycles. The van der Waals surface area contributed by atoms with Gasteiger partial charge in [-0.05, 0) is 36.6 Å². The second kappa shape index (κ2) is 7.46. The van der Waals surface area contributed by atoms with Crippen LogP contribution in [0.2, 0.25) is 0 Å². The van der Waals surface area contributed by atoms with Crippen LogP contribution in [0.1, 0.15) is 52.5 Å². The molecule has 1 N–H and O–H groups in total. The van der Waals surface area contributed by atoms with Crippen LogP contribution in [0, 0.1) is 5.41 Å². The molecule has 0 aliphatic heterocycles. The van der Waals surface area contributed by atoms with Gasteiger partial charge < -0.3 is 15.1 Å². The first kappa shape index (κ1) is 19.3. The van der Waals surface area contributed by atoms with Crippen LogP contribution in [0.25, 0.3) is 0 Å². The molecule has 5 heteroatoms. The SMILES string of the molecule is CCC(=O)Nc1ccc(N(C)C)c(CN(C(=O)C(C)(C)C)C2CC2)c1. The molecule has 0 unspecified atom stereocenters. The molecule has 1 aromatic carbocycles. The van der Waals surface area contributed by atoms with Crippen molar-refractivity contribution in [2.24, 2.45) is 5.41 Å². The van der Waals surface area contributed by atoms with Gasteiger partial charge in [0, 0.05) is 49.9 Å². The van der Waals surface area contributed by atoms with Crippen molar-refractivity contribution in [1.82, 2.24) is 4.90 Å². The zero-order valence-corrected chi connectivity index (χ0v) is 16.3. The highest BCUT2D eigenvalue weighted by atomic mass is 16.2. The average Bonchev–Trinajstić information content (AvgIpc) is 3.35. The van der Waals surface area contributed by atoms with Crippen molar-refractivity contribution in [2.75, 3.05) is 24.3 Å². The van der Waals surface area contributed by atoms with E-state index < -0.39 is 5.41 Å². The summed E-state index contributed by atoms with van der Waals surface area (Å²) in [6, 6.07) is 6.26. The molecule has 25 heavy (non-hydrogen) atoms. The molecular formula is C20H31N3O2. The number of rotatable bonds is 6.